The monoisotopic (exact) mass is 278 g/mol. The van der Waals surface area contributed by atoms with E-state index >= 15 is 0 Å². The van der Waals surface area contributed by atoms with Gasteiger partial charge in [0.05, 0.1) is 6.33 Å². The van der Waals surface area contributed by atoms with Gasteiger partial charge in [-0.05, 0) is 19.3 Å². The third kappa shape index (κ3) is 3.19. The summed E-state index contributed by atoms with van der Waals surface area (Å²) in [5.74, 6) is 0.186. The van der Waals surface area contributed by atoms with Crippen LogP contribution in [0.3, 0.4) is 0 Å². The van der Waals surface area contributed by atoms with Gasteiger partial charge in [-0.15, -0.1) is 0 Å². The van der Waals surface area contributed by atoms with Crippen LogP contribution in [0.25, 0.3) is 0 Å². The Hall–Kier alpha value is -1.40. The Bertz CT molecular complexity index is 428. The summed E-state index contributed by atoms with van der Waals surface area (Å²) >= 11 is 0. The van der Waals surface area contributed by atoms with Gasteiger partial charge in [0.1, 0.15) is 6.10 Å². The molecule has 3 heterocycles. The van der Waals surface area contributed by atoms with Crippen LogP contribution in [0.1, 0.15) is 25.0 Å². The van der Waals surface area contributed by atoms with Crippen LogP contribution >= 0.6 is 0 Å². The molecular formula is C14H22N4O2. The van der Waals surface area contributed by atoms with Crippen molar-refractivity contribution in [1.82, 2.24) is 19.8 Å². The molecule has 1 aromatic heterocycles. The molecule has 2 aliphatic heterocycles. The third-order valence-electron chi connectivity index (χ3n) is 4.05. The van der Waals surface area contributed by atoms with Crippen molar-refractivity contribution in [2.24, 2.45) is 0 Å². The van der Waals surface area contributed by atoms with Crippen LogP contribution in [0.15, 0.2) is 12.5 Å². The van der Waals surface area contributed by atoms with Gasteiger partial charge in [-0.1, -0.05) is 0 Å². The van der Waals surface area contributed by atoms with Crippen molar-refractivity contribution in [3.05, 3.63) is 18.2 Å². The normalized spacial score (nSPS) is 24.8. The van der Waals surface area contributed by atoms with Crippen LogP contribution in [0.5, 0.6) is 0 Å². The molecule has 2 aliphatic rings. The molecule has 20 heavy (non-hydrogen) atoms. The SMILES string of the molecule is O=C([C@@H]1CCCO1)N1CCCN(Cc2cnc[nH]2)CC1. The zero-order valence-electron chi connectivity index (χ0n) is 11.8. The molecule has 1 aromatic rings. The number of carbonyl (C=O) groups excluding carboxylic acids is 1. The number of nitrogens with one attached hydrogen (secondary N) is 1. The van der Waals surface area contributed by atoms with Gasteiger partial charge in [0.2, 0.25) is 0 Å². The zero-order valence-corrected chi connectivity index (χ0v) is 11.8. The number of ether oxygens (including phenoxy) is 1. The van der Waals surface area contributed by atoms with E-state index in [1.54, 1.807) is 6.33 Å². The lowest BCUT2D eigenvalue weighted by Crippen LogP contribution is -2.41. The predicted molar refractivity (Wildman–Crippen MR) is 74.0 cm³/mol. The van der Waals surface area contributed by atoms with E-state index in [2.05, 4.69) is 14.9 Å². The number of carbonyl (C=O) groups is 1. The number of H-pyrrole nitrogens is 1. The summed E-state index contributed by atoms with van der Waals surface area (Å²) in [5, 5.41) is 0. The van der Waals surface area contributed by atoms with E-state index in [0.29, 0.717) is 0 Å². The maximum Gasteiger partial charge on any atom is 0.251 e. The Morgan fingerprint density at radius 3 is 3.05 bits per heavy atom. The Balaban J connectivity index is 1.52. The van der Waals surface area contributed by atoms with Gasteiger partial charge < -0.3 is 14.6 Å². The van der Waals surface area contributed by atoms with Crippen LogP contribution in [-0.2, 0) is 16.1 Å². The highest BCUT2D eigenvalue weighted by Crippen LogP contribution is 2.16. The van der Waals surface area contributed by atoms with Crippen LogP contribution in [0.4, 0.5) is 0 Å². The Morgan fingerprint density at radius 2 is 2.30 bits per heavy atom. The van der Waals surface area contributed by atoms with Gasteiger partial charge in [0.15, 0.2) is 0 Å². The first-order valence-corrected chi connectivity index (χ1v) is 7.43. The van der Waals surface area contributed by atoms with E-state index < -0.39 is 0 Å². The molecule has 0 aliphatic carbocycles. The lowest BCUT2D eigenvalue weighted by atomic mass is 10.2. The van der Waals surface area contributed by atoms with Gasteiger partial charge in [-0.25, -0.2) is 4.98 Å². The van der Waals surface area contributed by atoms with Crippen LogP contribution in [0.2, 0.25) is 0 Å². The van der Waals surface area contributed by atoms with Crippen LogP contribution in [-0.4, -0.2) is 64.6 Å². The number of aromatic amines is 1. The lowest BCUT2D eigenvalue weighted by molar-refractivity contribution is -0.140. The molecule has 0 saturated carbocycles. The highest BCUT2D eigenvalue weighted by atomic mass is 16.5. The second kappa shape index (κ2) is 6.37. The molecule has 1 amide bonds. The maximum absolute atomic E-state index is 12.3. The topological polar surface area (TPSA) is 61.5 Å². The van der Waals surface area contributed by atoms with E-state index in [1.807, 2.05) is 11.1 Å². The molecule has 0 spiro atoms. The molecular weight excluding hydrogens is 256 g/mol. The van der Waals surface area contributed by atoms with Gasteiger partial charge in [-0.3, -0.25) is 9.69 Å². The summed E-state index contributed by atoms with van der Waals surface area (Å²) in [7, 11) is 0. The van der Waals surface area contributed by atoms with E-state index in [4.69, 9.17) is 4.74 Å². The average Bonchev–Trinajstić information content (AvgIpc) is 3.10. The van der Waals surface area contributed by atoms with Crippen molar-refractivity contribution in [1.29, 1.82) is 0 Å². The van der Waals surface area contributed by atoms with Crippen molar-refractivity contribution >= 4 is 5.91 Å². The van der Waals surface area contributed by atoms with Crippen molar-refractivity contribution < 1.29 is 9.53 Å². The second-order valence-corrected chi connectivity index (χ2v) is 5.53. The highest BCUT2D eigenvalue weighted by molar-refractivity contribution is 5.81. The quantitative estimate of drug-likeness (QED) is 0.880. The fraction of sp³-hybridized carbons (Fsp3) is 0.714. The molecule has 3 rings (SSSR count). The summed E-state index contributed by atoms with van der Waals surface area (Å²) in [6.07, 6.45) is 6.30. The van der Waals surface area contributed by atoms with Crippen molar-refractivity contribution in [3.8, 4) is 0 Å². The summed E-state index contributed by atoms with van der Waals surface area (Å²) in [6, 6.07) is 0. The molecule has 1 N–H and O–H groups in total. The smallest absolute Gasteiger partial charge is 0.251 e. The lowest BCUT2D eigenvalue weighted by Gasteiger charge is -2.24. The van der Waals surface area contributed by atoms with E-state index in [0.717, 1.165) is 64.3 Å². The van der Waals surface area contributed by atoms with Crippen molar-refractivity contribution in [2.45, 2.75) is 31.9 Å². The molecule has 0 radical (unpaired) electrons. The molecule has 6 nitrogen and oxygen atoms in total. The number of imidazole rings is 1. The Labute approximate surface area is 119 Å². The maximum atomic E-state index is 12.3. The standard InChI is InChI=1S/C14H22N4O2/c19-14(13-3-1-8-20-13)18-5-2-4-17(6-7-18)10-12-9-15-11-16-12/h9,11,13H,1-8,10H2,(H,15,16)/t13-/m0/s1. The Morgan fingerprint density at radius 1 is 1.35 bits per heavy atom. The van der Waals surface area contributed by atoms with Crippen molar-refractivity contribution in [2.75, 3.05) is 32.8 Å². The van der Waals surface area contributed by atoms with Crippen LogP contribution in [0, 0.1) is 0 Å². The fourth-order valence-electron chi connectivity index (χ4n) is 2.94. The molecule has 110 valence electrons. The van der Waals surface area contributed by atoms with Gasteiger partial charge in [0, 0.05) is 51.2 Å². The molecule has 0 aromatic carbocycles. The predicted octanol–water partition coefficient (Wildman–Crippen LogP) is 0.623. The first-order valence-electron chi connectivity index (χ1n) is 7.43. The van der Waals surface area contributed by atoms with E-state index in [1.165, 1.54) is 0 Å². The average molecular weight is 278 g/mol. The van der Waals surface area contributed by atoms with Gasteiger partial charge in [0.25, 0.3) is 5.91 Å². The Kier molecular flexibility index (Phi) is 4.32. The number of hydrogen-bond acceptors (Lipinski definition) is 4. The minimum Gasteiger partial charge on any atom is -0.368 e. The van der Waals surface area contributed by atoms with Crippen LogP contribution < -0.4 is 0 Å². The van der Waals surface area contributed by atoms with Gasteiger partial charge >= 0.3 is 0 Å². The summed E-state index contributed by atoms with van der Waals surface area (Å²) in [5.41, 5.74) is 1.13. The number of rotatable bonds is 3. The number of aromatic nitrogens is 2. The van der Waals surface area contributed by atoms with E-state index in [9.17, 15) is 4.79 Å². The summed E-state index contributed by atoms with van der Waals surface area (Å²) in [4.78, 5) is 23.9. The van der Waals surface area contributed by atoms with E-state index in [-0.39, 0.29) is 12.0 Å². The number of hydrogen-bond donors (Lipinski definition) is 1. The highest BCUT2D eigenvalue weighted by Gasteiger charge is 2.29. The molecule has 2 saturated heterocycles. The van der Waals surface area contributed by atoms with Crippen molar-refractivity contribution in [3.63, 3.8) is 0 Å². The largest absolute Gasteiger partial charge is 0.368 e. The van der Waals surface area contributed by atoms with Gasteiger partial charge in [-0.2, -0.15) is 0 Å². The summed E-state index contributed by atoms with van der Waals surface area (Å²) < 4.78 is 5.50. The fourth-order valence-corrected chi connectivity index (χ4v) is 2.94. The minimum atomic E-state index is -0.186. The summed E-state index contributed by atoms with van der Waals surface area (Å²) in [6.45, 7) is 5.19. The molecule has 1 atom stereocenters. The first kappa shape index (κ1) is 13.6. The molecule has 6 heteroatoms. The molecule has 0 unspecified atom stereocenters. The second-order valence-electron chi connectivity index (χ2n) is 5.53. The number of amides is 1. The minimum absolute atomic E-state index is 0.186. The third-order valence-corrected chi connectivity index (χ3v) is 4.05. The first-order chi connectivity index (χ1) is 9.83. The molecule has 2 fully saturated rings. The molecule has 0 bridgehead atoms. The zero-order chi connectivity index (χ0) is 13.8. The number of nitrogens with zero attached hydrogens (tertiary/aromatic N) is 3.